The zero-order chi connectivity index (χ0) is 21.6. The Balaban J connectivity index is 2.09. The lowest BCUT2D eigenvalue weighted by Crippen LogP contribution is -2.10. The second-order valence-electron chi connectivity index (χ2n) is 6.87. The molecule has 30 heavy (non-hydrogen) atoms. The van der Waals surface area contributed by atoms with Crippen molar-refractivity contribution < 1.29 is 27.9 Å². The van der Waals surface area contributed by atoms with Crippen molar-refractivity contribution in [2.45, 2.75) is 13.1 Å². The number of aryl methyl sites for hydroxylation is 1. The smallest absolute Gasteiger partial charge is 0.416 e. The van der Waals surface area contributed by atoms with Gasteiger partial charge in [0.25, 0.3) is 5.91 Å². The van der Waals surface area contributed by atoms with Crippen molar-refractivity contribution in [3.63, 3.8) is 0 Å². The normalized spacial score (nSPS) is 15.0. The molecular weight excluding hydrogens is 397 g/mol. The maximum absolute atomic E-state index is 13.3. The molecule has 8 heteroatoms. The molecule has 3 aromatic rings. The number of aromatic carboxylic acids is 1. The van der Waals surface area contributed by atoms with Gasteiger partial charge in [-0.25, -0.2) is 4.79 Å². The standard InChI is InChI=1S/C22H15F3N2O3/c1-11-9-15(21(29)30)19(26-11)17(12-5-4-6-13(10-12)22(23,24)25)18-14-7-2-3-8-16(14)27-20(18)28/h2-10,26H,1H3,(H,27,28)(H,29,30). The highest BCUT2D eigenvalue weighted by atomic mass is 19.4. The molecule has 0 atom stereocenters. The number of nitrogens with one attached hydrogen (secondary N) is 2. The summed E-state index contributed by atoms with van der Waals surface area (Å²) >= 11 is 0. The largest absolute Gasteiger partial charge is 0.478 e. The number of amides is 1. The molecule has 0 unspecified atom stereocenters. The number of hydrogen-bond acceptors (Lipinski definition) is 2. The lowest BCUT2D eigenvalue weighted by molar-refractivity contribution is -0.137. The number of halogens is 3. The Labute approximate surface area is 168 Å². The number of aromatic nitrogens is 1. The number of aromatic amines is 1. The molecule has 1 amide bonds. The molecule has 3 N–H and O–H groups in total. The quantitative estimate of drug-likeness (QED) is 0.533. The van der Waals surface area contributed by atoms with Crippen LogP contribution in [0, 0.1) is 6.92 Å². The Morgan fingerprint density at radius 3 is 2.47 bits per heavy atom. The van der Waals surface area contributed by atoms with E-state index in [4.69, 9.17) is 0 Å². The molecule has 2 aromatic carbocycles. The number of carboxylic acid groups (broad SMARTS) is 1. The van der Waals surface area contributed by atoms with Gasteiger partial charge in [0.2, 0.25) is 0 Å². The summed E-state index contributed by atoms with van der Waals surface area (Å²) in [5.74, 6) is -1.78. The Kier molecular flexibility index (Phi) is 4.49. The number of fused-ring (bicyclic) bond motifs is 1. The van der Waals surface area contributed by atoms with Crippen molar-refractivity contribution in [1.82, 2.24) is 4.98 Å². The molecule has 0 saturated carbocycles. The highest BCUT2D eigenvalue weighted by molar-refractivity contribution is 6.38. The van der Waals surface area contributed by atoms with E-state index in [9.17, 15) is 27.9 Å². The Morgan fingerprint density at radius 1 is 1.03 bits per heavy atom. The molecule has 0 radical (unpaired) electrons. The van der Waals surface area contributed by atoms with Crippen LogP contribution in [0.4, 0.5) is 18.9 Å². The first-order valence-corrected chi connectivity index (χ1v) is 8.92. The van der Waals surface area contributed by atoms with Crippen LogP contribution in [0.15, 0.2) is 54.6 Å². The van der Waals surface area contributed by atoms with Crippen LogP contribution in [-0.4, -0.2) is 22.0 Å². The van der Waals surface area contributed by atoms with Crippen LogP contribution >= 0.6 is 0 Å². The topological polar surface area (TPSA) is 82.2 Å². The van der Waals surface area contributed by atoms with Crippen LogP contribution in [0.2, 0.25) is 0 Å². The lowest BCUT2D eigenvalue weighted by Gasteiger charge is -2.14. The van der Waals surface area contributed by atoms with Crippen molar-refractivity contribution in [3.8, 4) is 0 Å². The number of benzene rings is 2. The van der Waals surface area contributed by atoms with E-state index >= 15 is 0 Å². The molecule has 0 fully saturated rings. The van der Waals surface area contributed by atoms with Crippen LogP contribution in [0.1, 0.15) is 38.4 Å². The van der Waals surface area contributed by atoms with Crippen molar-refractivity contribution in [3.05, 3.63) is 88.2 Å². The van der Waals surface area contributed by atoms with E-state index in [1.807, 2.05) is 0 Å². The molecule has 0 spiro atoms. The molecule has 2 heterocycles. The highest BCUT2D eigenvalue weighted by Crippen LogP contribution is 2.41. The van der Waals surface area contributed by atoms with E-state index in [1.54, 1.807) is 31.2 Å². The van der Waals surface area contributed by atoms with Gasteiger partial charge in [-0.1, -0.05) is 30.3 Å². The number of alkyl halides is 3. The minimum absolute atomic E-state index is 0.0705. The van der Waals surface area contributed by atoms with Gasteiger partial charge in [0, 0.05) is 22.5 Å². The Bertz CT molecular complexity index is 1220. The first-order chi connectivity index (χ1) is 14.2. The van der Waals surface area contributed by atoms with E-state index in [2.05, 4.69) is 10.3 Å². The van der Waals surface area contributed by atoms with Gasteiger partial charge >= 0.3 is 12.1 Å². The molecule has 1 aromatic heterocycles. The monoisotopic (exact) mass is 412 g/mol. The fourth-order valence-electron chi connectivity index (χ4n) is 3.59. The molecule has 5 nitrogen and oxygen atoms in total. The summed E-state index contributed by atoms with van der Waals surface area (Å²) in [7, 11) is 0. The second kappa shape index (κ2) is 6.91. The average molecular weight is 412 g/mol. The summed E-state index contributed by atoms with van der Waals surface area (Å²) in [5, 5.41) is 12.3. The summed E-state index contributed by atoms with van der Waals surface area (Å²) in [5.41, 5.74) is 0.801. The first-order valence-electron chi connectivity index (χ1n) is 8.92. The van der Waals surface area contributed by atoms with Crippen molar-refractivity contribution >= 4 is 28.7 Å². The zero-order valence-corrected chi connectivity index (χ0v) is 15.6. The third-order valence-corrected chi connectivity index (χ3v) is 4.83. The third kappa shape index (κ3) is 3.26. The summed E-state index contributed by atoms with van der Waals surface area (Å²) in [6.07, 6.45) is -4.59. The minimum atomic E-state index is -4.59. The average Bonchev–Trinajstić information content (AvgIpc) is 3.22. The number of anilines is 1. The first kappa shape index (κ1) is 19.5. The van der Waals surface area contributed by atoms with Crippen molar-refractivity contribution in [2.75, 3.05) is 5.32 Å². The predicted octanol–water partition coefficient (Wildman–Crippen LogP) is 4.95. The summed E-state index contributed by atoms with van der Waals surface area (Å²) in [6, 6.07) is 12.6. The van der Waals surface area contributed by atoms with Crippen molar-refractivity contribution in [1.29, 1.82) is 0 Å². The molecule has 152 valence electrons. The number of carboxylic acids is 1. The van der Waals surface area contributed by atoms with Gasteiger partial charge in [-0.15, -0.1) is 0 Å². The highest BCUT2D eigenvalue weighted by Gasteiger charge is 2.34. The summed E-state index contributed by atoms with van der Waals surface area (Å²) < 4.78 is 40.0. The molecular formula is C22H15F3N2O3. The molecule has 4 rings (SSSR count). The lowest BCUT2D eigenvalue weighted by atomic mass is 9.90. The van der Waals surface area contributed by atoms with Gasteiger partial charge in [-0.05, 0) is 36.8 Å². The van der Waals surface area contributed by atoms with Gasteiger partial charge in [0.1, 0.15) is 0 Å². The molecule has 0 aliphatic carbocycles. The fraction of sp³-hybridized carbons (Fsp3) is 0.0909. The van der Waals surface area contributed by atoms with E-state index in [-0.39, 0.29) is 28.0 Å². The minimum Gasteiger partial charge on any atom is -0.478 e. The van der Waals surface area contributed by atoms with Crippen molar-refractivity contribution in [2.24, 2.45) is 0 Å². The number of hydrogen-bond donors (Lipinski definition) is 3. The van der Waals surface area contributed by atoms with Crippen LogP contribution in [-0.2, 0) is 11.0 Å². The second-order valence-corrected chi connectivity index (χ2v) is 6.87. The van der Waals surface area contributed by atoms with Gasteiger partial charge in [0.05, 0.1) is 22.4 Å². The van der Waals surface area contributed by atoms with Crippen LogP contribution in [0.5, 0.6) is 0 Å². The SMILES string of the molecule is Cc1cc(C(=O)O)c(C(=C2C(=O)Nc3ccccc32)c2cccc(C(F)(F)F)c2)[nH]1. The fourth-order valence-corrected chi connectivity index (χ4v) is 3.59. The predicted molar refractivity (Wildman–Crippen MR) is 105 cm³/mol. The summed E-state index contributed by atoms with van der Waals surface area (Å²) in [6.45, 7) is 1.63. The van der Waals surface area contributed by atoms with E-state index in [0.29, 0.717) is 16.9 Å². The molecule has 1 aliphatic heterocycles. The Morgan fingerprint density at radius 2 is 1.77 bits per heavy atom. The maximum Gasteiger partial charge on any atom is 0.416 e. The van der Waals surface area contributed by atoms with Gasteiger partial charge in [-0.2, -0.15) is 13.2 Å². The number of carbonyl (C=O) groups is 2. The number of carbonyl (C=O) groups excluding carboxylic acids is 1. The number of H-pyrrole nitrogens is 1. The molecule has 0 bridgehead atoms. The van der Waals surface area contributed by atoms with Crippen LogP contribution in [0.3, 0.4) is 0 Å². The molecule has 1 aliphatic rings. The van der Waals surface area contributed by atoms with Gasteiger partial charge < -0.3 is 15.4 Å². The van der Waals surface area contributed by atoms with Gasteiger partial charge in [0.15, 0.2) is 0 Å². The summed E-state index contributed by atoms with van der Waals surface area (Å²) in [4.78, 5) is 27.6. The maximum atomic E-state index is 13.3. The molecule has 0 saturated heterocycles. The van der Waals surface area contributed by atoms with Crippen LogP contribution in [0.25, 0.3) is 11.1 Å². The van der Waals surface area contributed by atoms with E-state index in [0.717, 1.165) is 12.1 Å². The van der Waals surface area contributed by atoms with Gasteiger partial charge in [-0.3, -0.25) is 4.79 Å². The Hall–Kier alpha value is -3.81. The van der Waals surface area contributed by atoms with Crippen LogP contribution < -0.4 is 5.32 Å². The van der Waals surface area contributed by atoms with E-state index in [1.165, 1.54) is 18.2 Å². The number of para-hydroxylation sites is 1. The van der Waals surface area contributed by atoms with E-state index < -0.39 is 23.6 Å². The number of rotatable bonds is 3. The third-order valence-electron chi connectivity index (χ3n) is 4.83. The zero-order valence-electron chi connectivity index (χ0n) is 15.6.